The third-order valence-electron chi connectivity index (χ3n) is 3.39. The standard InChI is InChI=1S/C16H14ClF2N3O2/c1-21(13-4-3-9-20-10-13)14(23)11-5-7-12(8-6-11)22(2)15(24)16(17,18)19/h3-10H,1-2H3. The van der Waals surface area contributed by atoms with E-state index in [9.17, 15) is 18.4 Å². The summed E-state index contributed by atoms with van der Waals surface area (Å²) in [7, 11) is 2.77. The molecule has 1 aromatic carbocycles. The summed E-state index contributed by atoms with van der Waals surface area (Å²) >= 11 is 4.73. The highest BCUT2D eigenvalue weighted by atomic mass is 35.5. The van der Waals surface area contributed by atoms with Gasteiger partial charge >= 0.3 is 11.3 Å². The van der Waals surface area contributed by atoms with Crippen LogP contribution in [0, 0.1) is 0 Å². The smallest absolute Gasteiger partial charge is 0.310 e. The molecule has 0 atom stereocenters. The second-order valence-corrected chi connectivity index (χ2v) is 5.46. The van der Waals surface area contributed by atoms with Crippen LogP contribution in [0.1, 0.15) is 10.4 Å². The summed E-state index contributed by atoms with van der Waals surface area (Å²) in [6, 6.07) is 9.11. The number of halogens is 3. The Labute approximate surface area is 142 Å². The Kier molecular flexibility index (Phi) is 5.14. The van der Waals surface area contributed by atoms with Gasteiger partial charge in [-0.25, -0.2) is 0 Å². The zero-order valence-corrected chi connectivity index (χ0v) is 13.7. The van der Waals surface area contributed by atoms with Gasteiger partial charge in [-0.2, -0.15) is 8.78 Å². The summed E-state index contributed by atoms with van der Waals surface area (Å²) in [6.07, 6.45) is 3.14. The van der Waals surface area contributed by atoms with Crippen LogP contribution in [0.15, 0.2) is 48.8 Å². The lowest BCUT2D eigenvalue weighted by atomic mass is 10.1. The summed E-state index contributed by atoms with van der Waals surface area (Å²) in [6.45, 7) is 0. The number of rotatable bonds is 4. The molecule has 0 aliphatic heterocycles. The van der Waals surface area contributed by atoms with Crippen LogP contribution in [0.2, 0.25) is 0 Å². The van der Waals surface area contributed by atoms with Gasteiger partial charge in [0.05, 0.1) is 11.9 Å². The van der Waals surface area contributed by atoms with Crippen molar-refractivity contribution in [1.29, 1.82) is 0 Å². The lowest BCUT2D eigenvalue weighted by Gasteiger charge is -2.20. The molecule has 1 aromatic heterocycles. The first-order chi connectivity index (χ1) is 11.2. The molecule has 0 aliphatic rings. The lowest BCUT2D eigenvalue weighted by Crippen LogP contribution is -2.37. The van der Waals surface area contributed by atoms with Crippen LogP contribution in [-0.4, -0.2) is 36.3 Å². The molecule has 24 heavy (non-hydrogen) atoms. The van der Waals surface area contributed by atoms with Gasteiger partial charge in [0.2, 0.25) is 0 Å². The largest absolute Gasteiger partial charge is 0.400 e. The number of hydrogen-bond donors (Lipinski definition) is 0. The molecule has 0 N–H and O–H groups in total. The second-order valence-electron chi connectivity index (χ2n) is 4.98. The molecule has 8 heteroatoms. The molecule has 0 aliphatic carbocycles. The Morgan fingerprint density at radius 2 is 1.67 bits per heavy atom. The molecule has 2 aromatic rings. The van der Waals surface area contributed by atoms with Crippen LogP contribution in [0.4, 0.5) is 20.2 Å². The third kappa shape index (κ3) is 3.86. The van der Waals surface area contributed by atoms with Crippen LogP contribution in [0.5, 0.6) is 0 Å². The monoisotopic (exact) mass is 353 g/mol. The van der Waals surface area contributed by atoms with E-state index in [1.165, 1.54) is 36.2 Å². The molecule has 0 fully saturated rings. The van der Waals surface area contributed by atoms with E-state index in [0.29, 0.717) is 11.3 Å². The summed E-state index contributed by atoms with van der Waals surface area (Å²) in [4.78, 5) is 29.9. The van der Waals surface area contributed by atoms with Crippen molar-refractivity contribution < 1.29 is 18.4 Å². The molecule has 0 saturated heterocycles. The van der Waals surface area contributed by atoms with Crippen molar-refractivity contribution >= 4 is 34.8 Å². The average Bonchev–Trinajstić information content (AvgIpc) is 2.59. The van der Waals surface area contributed by atoms with Crippen LogP contribution >= 0.6 is 11.6 Å². The van der Waals surface area contributed by atoms with Crippen molar-refractivity contribution in [3.05, 3.63) is 54.4 Å². The number of amides is 2. The van der Waals surface area contributed by atoms with Crippen molar-refractivity contribution in [3.8, 4) is 0 Å². The van der Waals surface area contributed by atoms with Gasteiger partial charge in [0.15, 0.2) is 0 Å². The highest BCUT2D eigenvalue weighted by Crippen LogP contribution is 2.25. The summed E-state index contributed by atoms with van der Waals surface area (Å²) in [5.74, 6) is -1.85. The molecule has 2 rings (SSSR count). The quantitative estimate of drug-likeness (QED) is 0.793. The topological polar surface area (TPSA) is 53.5 Å². The van der Waals surface area contributed by atoms with Crippen molar-refractivity contribution in [2.75, 3.05) is 23.9 Å². The van der Waals surface area contributed by atoms with Crippen molar-refractivity contribution in [2.24, 2.45) is 0 Å². The van der Waals surface area contributed by atoms with E-state index < -0.39 is 11.3 Å². The number of benzene rings is 1. The van der Waals surface area contributed by atoms with Gasteiger partial charge in [-0.1, -0.05) is 0 Å². The van der Waals surface area contributed by atoms with E-state index in [1.54, 1.807) is 31.6 Å². The van der Waals surface area contributed by atoms with E-state index in [-0.39, 0.29) is 11.6 Å². The molecular weight excluding hydrogens is 340 g/mol. The SMILES string of the molecule is CN(C(=O)c1ccc(N(C)C(=O)C(F)(F)Cl)cc1)c1cccnc1. The fraction of sp³-hybridized carbons (Fsp3) is 0.188. The van der Waals surface area contributed by atoms with E-state index >= 15 is 0 Å². The molecule has 0 spiro atoms. The maximum Gasteiger partial charge on any atom is 0.400 e. The molecule has 1 heterocycles. The Balaban J connectivity index is 2.17. The van der Waals surface area contributed by atoms with Gasteiger partial charge in [-0.05, 0) is 48.0 Å². The molecule has 0 radical (unpaired) electrons. The van der Waals surface area contributed by atoms with Crippen molar-refractivity contribution in [1.82, 2.24) is 4.98 Å². The highest BCUT2D eigenvalue weighted by molar-refractivity contribution is 6.34. The molecular formula is C16H14ClF2N3O2. The fourth-order valence-electron chi connectivity index (χ4n) is 2.00. The zero-order chi connectivity index (χ0) is 17.9. The minimum atomic E-state index is -3.98. The minimum absolute atomic E-state index is 0.195. The number of nitrogens with zero attached hydrogens (tertiary/aromatic N) is 3. The first kappa shape index (κ1) is 17.8. The molecule has 0 unspecified atom stereocenters. The van der Waals surface area contributed by atoms with Gasteiger partial charge in [0.1, 0.15) is 0 Å². The maximum absolute atomic E-state index is 12.9. The number of anilines is 2. The first-order valence-corrected chi connectivity index (χ1v) is 7.22. The van der Waals surface area contributed by atoms with Gasteiger partial charge in [0.25, 0.3) is 5.91 Å². The molecule has 126 valence electrons. The number of carbonyl (C=O) groups is 2. The second kappa shape index (κ2) is 6.92. The summed E-state index contributed by atoms with van der Waals surface area (Å²) in [5.41, 5.74) is 1.14. The lowest BCUT2D eigenvalue weighted by molar-refractivity contribution is -0.132. The van der Waals surface area contributed by atoms with E-state index in [2.05, 4.69) is 4.98 Å². The summed E-state index contributed by atoms with van der Waals surface area (Å²) in [5, 5.41) is -3.98. The number of hydrogen-bond acceptors (Lipinski definition) is 3. The van der Waals surface area contributed by atoms with Crippen LogP contribution < -0.4 is 9.80 Å². The van der Waals surface area contributed by atoms with Crippen molar-refractivity contribution in [3.63, 3.8) is 0 Å². The van der Waals surface area contributed by atoms with E-state index in [4.69, 9.17) is 11.6 Å². The Morgan fingerprint density at radius 1 is 1.04 bits per heavy atom. The predicted molar refractivity (Wildman–Crippen MR) is 87.6 cm³/mol. The predicted octanol–water partition coefficient (Wildman–Crippen LogP) is 3.15. The highest BCUT2D eigenvalue weighted by Gasteiger charge is 2.39. The van der Waals surface area contributed by atoms with Crippen LogP contribution in [0.25, 0.3) is 0 Å². The van der Waals surface area contributed by atoms with Crippen LogP contribution in [-0.2, 0) is 4.79 Å². The number of carbonyl (C=O) groups excluding carboxylic acids is 2. The molecule has 5 nitrogen and oxygen atoms in total. The van der Waals surface area contributed by atoms with Gasteiger partial charge in [-0.3, -0.25) is 14.6 Å². The van der Waals surface area contributed by atoms with Crippen LogP contribution in [0.3, 0.4) is 0 Å². The third-order valence-corrected chi connectivity index (χ3v) is 3.55. The van der Waals surface area contributed by atoms with E-state index in [0.717, 1.165) is 4.90 Å². The average molecular weight is 354 g/mol. The first-order valence-electron chi connectivity index (χ1n) is 6.85. The maximum atomic E-state index is 12.9. The molecule has 2 amide bonds. The van der Waals surface area contributed by atoms with Gasteiger partial charge in [-0.15, -0.1) is 0 Å². The van der Waals surface area contributed by atoms with E-state index in [1.807, 2.05) is 0 Å². The van der Waals surface area contributed by atoms with Gasteiger partial charge in [0, 0.05) is 31.5 Å². The summed E-state index contributed by atoms with van der Waals surface area (Å²) < 4.78 is 25.7. The number of pyridine rings is 1. The minimum Gasteiger partial charge on any atom is -0.310 e. The normalized spacial score (nSPS) is 11.0. The number of aromatic nitrogens is 1. The molecule has 0 saturated carbocycles. The number of alkyl halides is 3. The van der Waals surface area contributed by atoms with Gasteiger partial charge < -0.3 is 9.80 Å². The Bertz CT molecular complexity index is 733. The molecule has 0 bridgehead atoms. The van der Waals surface area contributed by atoms with Crippen molar-refractivity contribution in [2.45, 2.75) is 5.38 Å². The Hall–Kier alpha value is -2.54. The Morgan fingerprint density at radius 3 is 2.17 bits per heavy atom. The zero-order valence-electron chi connectivity index (χ0n) is 12.9. The fourth-order valence-corrected chi connectivity index (χ4v) is 2.12.